The first-order chi connectivity index (χ1) is 10.7. The molecular weight excluding hydrogens is 278 g/mol. The molecule has 0 amide bonds. The van der Waals surface area contributed by atoms with Gasteiger partial charge >= 0.3 is 5.97 Å². The third-order valence-corrected chi connectivity index (χ3v) is 3.63. The van der Waals surface area contributed by atoms with E-state index in [1.807, 2.05) is 34.9 Å². The lowest BCUT2D eigenvalue weighted by Gasteiger charge is -2.09. The van der Waals surface area contributed by atoms with Crippen molar-refractivity contribution in [2.45, 2.75) is 13.0 Å². The molecule has 3 rings (SSSR count). The summed E-state index contributed by atoms with van der Waals surface area (Å²) in [6.07, 6.45) is 0.657. The summed E-state index contributed by atoms with van der Waals surface area (Å²) in [5, 5.41) is 9.19. The van der Waals surface area contributed by atoms with Gasteiger partial charge in [-0.1, -0.05) is 30.3 Å². The quantitative estimate of drug-likeness (QED) is 0.756. The Bertz CT molecular complexity index is 809. The van der Waals surface area contributed by atoms with Gasteiger partial charge in [-0.3, -0.25) is 0 Å². The number of carboxylic acids is 1. The lowest BCUT2D eigenvalue weighted by Crippen LogP contribution is -2.11. The third-order valence-electron chi connectivity index (χ3n) is 3.63. The van der Waals surface area contributed by atoms with Crippen molar-refractivity contribution in [2.24, 2.45) is 5.73 Å². The van der Waals surface area contributed by atoms with Crippen LogP contribution in [0.4, 0.5) is 0 Å². The molecule has 22 heavy (non-hydrogen) atoms. The number of nitrogens with zero attached hydrogens (tertiary/aromatic N) is 2. The molecule has 2 aromatic carbocycles. The highest BCUT2D eigenvalue weighted by molar-refractivity contribution is 5.92. The van der Waals surface area contributed by atoms with Crippen LogP contribution < -0.4 is 5.73 Å². The number of fused-ring (bicyclic) bond motifs is 1. The van der Waals surface area contributed by atoms with Gasteiger partial charge in [0.15, 0.2) is 0 Å². The van der Waals surface area contributed by atoms with Crippen LogP contribution in [0.1, 0.15) is 21.7 Å². The maximum absolute atomic E-state index is 11.2. The number of carboxylic acid groups (broad SMARTS) is 1. The van der Waals surface area contributed by atoms with E-state index in [0.29, 0.717) is 19.5 Å². The predicted octanol–water partition coefficient (Wildman–Crippen LogP) is 2.28. The van der Waals surface area contributed by atoms with E-state index >= 15 is 0 Å². The fourth-order valence-corrected chi connectivity index (χ4v) is 2.57. The van der Waals surface area contributed by atoms with Crippen LogP contribution in [0.2, 0.25) is 0 Å². The molecular formula is C17H17N3O2. The van der Waals surface area contributed by atoms with Gasteiger partial charge in [0.25, 0.3) is 0 Å². The molecule has 3 N–H and O–H groups in total. The van der Waals surface area contributed by atoms with Gasteiger partial charge in [0.1, 0.15) is 5.82 Å². The van der Waals surface area contributed by atoms with Crippen molar-refractivity contribution in [2.75, 3.05) is 6.54 Å². The summed E-state index contributed by atoms with van der Waals surface area (Å²) in [5.41, 5.74) is 8.70. The molecule has 0 radical (unpaired) electrons. The number of rotatable bonds is 5. The van der Waals surface area contributed by atoms with Crippen molar-refractivity contribution < 1.29 is 9.90 Å². The van der Waals surface area contributed by atoms with E-state index in [2.05, 4.69) is 4.98 Å². The average Bonchev–Trinajstić information content (AvgIpc) is 2.86. The van der Waals surface area contributed by atoms with Crippen LogP contribution in [-0.2, 0) is 13.0 Å². The Balaban J connectivity index is 2.12. The Morgan fingerprint density at radius 2 is 1.95 bits per heavy atom. The van der Waals surface area contributed by atoms with Crippen molar-refractivity contribution in [3.05, 3.63) is 65.5 Å². The van der Waals surface area contributed by atoms with Crippen molar-refractivity contribution >= 4 is 17.0 Å². The molecule has 0 atom stereocenters. The molecule has 0 unspecified atom stereocenters. The molecule has 0 saturated carbocycles. The normalized spacial score (nSPS) is 11.0. The van der Waals surface area contributed by atoms with E-state index in [1.165, 1.54) is 0 Å². The van der Waals surface area contributed by atoms with Crippen molar-refractivity contribution in [1.29, 1.82) is 0 Å². The van der Waals surface area contributed by atoms with Gasteiger partial charge in [-0.25, -0.2) is 9.78 Å². The predicted molar refractivity (Wildman–Crippen MR) is 85.0 cm³/mol. The largest absolute Gasteiger partial charge is 0.478 e. The lowest BCUT2D eigenvalue weighted by atomic mass is 10.2. The molecule has 0 aliphatic carbocycles. The molecule has 3 aromatic rings. The van der Waals surface area contributed by atoms with Gasteiger partial charge in [0, 0.05) is 13.0 Å². The number of nitrogens with two attached hydrogens (primary N) is 1. The highest BCUT2D eigenvalue weighted by Gasteiger charge is 2.13. The van der Waals surface area contributed by atoms with E-state index in [4.69, 9.17) is 5.73 Å². The summed E-state index contributed by atoms with van der Waals surface area (Å²) in [5.74, 6) is -0.0568. The van der Waals surface area contributed by atoms with Gasteiger partial charge in [0.2, 0.25) is 0 Å². The summed E-state index contributed by atoms with van der Waals surface area (Å²) in [7, 11) is 0. The number of hydrogen-bond donors (Lipinski definition) is 2. The smallest absolute Gasteiger partial charge is 0.335 e. The fraction of sp³-hybridized carbons (Fsp3) is 0.176. The fourth-order valence-electron chi connectivity index (χ4n) is 2.57. The molecule has 5 heteroatoms. The molecule has 5 nitrogen and oxygen atoms in total. The zero-order valence-corrected chi connectivity index (χ0v) is 12.1. The second-order valence-electron chi connectivity index (χ2n) is 5.15. The monoisotopic (exact) mass is 295 g/mol. The Morgan fingerprint density at radius 1 is 1.18 bits per heavy atom. The number of imidazole rings is 1. The van der Waals surface area contributed by atoms with Gasteiger partial charge < -0.3 is 15.4 Å². The van der Waals surface area contributed by atoms with Crippen LogP contribution in [-0.4, -0.2) is 27.2 Å². The number of benzene rings is 2. The lowest BCUT2D eigenvalue weighted by molar-refractivity contribution is 0.0697. The molecule has 0 aliphatic heterocycles. The zero-order valence-electron chi connectivity index (χ0n) is 12.1. The molecule has 0 fully saturated rings. The minimum absolute atomic E-state index is 0.265. The summed E-state index contributed by atoms with van der Waals surface area (Å²) in [4.78, 5) is 15.8. The highest BCUT2D eigenvalue weighted by Crippen LogP contribution is 2.20. The maximum Gasteiger partial charge on any atom is 0.335 e. The van der Waals surface area contributed by atoms with Crippen molar-refractivity contribution in [3.63, 3.8) is 0 Å². The average molecular weight is 295 g/mol. The molecule has 1 heterocycles. The standard InChI is InChI=1S/C17H17N3O2/c18-9-8-16-19-14-7-6-13(17(21)22)10-15(14)20(16)11-12-4-2-1-3-5-12/h1-7,10H,8-9,11,18H2,(H,21,22). The van der Waals surface area contributed by atoms with Crippen LogP contribution in [0.15, 0.2) is 48.5 Å². The summed E-state index contributed by atoms with van der Waals surface area (Å²) in [6, 6.07) is 15.0. The first-order valence-corrected chi connectivity index (χ1v) is 7.15. The minimum Gasteiger partial charge on any atom is -0.478 e. The van der Waals surface area contributed by atoms with Gasteiger partial charge in [-0.05, 0) is 30.3 Å². The van der Waals surface area contributed by atoms with Gasteiger partial charge in [-0.15, -0.1) is 0 Å². The van der Waals surface area contributed by atoms with Crippen molar-refractivity contribution in [3.8, 4) is 0 Å². The Labute approximate surface area is 128 Å². The SMILES string of the molecule is NCCc1nc2ccc(C(=O)O)cc2n1Cc1ccccc1. The van der Waals surface area contributed by atoms with E-state index in [-0.39, 0.29) is 5.56 Å². The Hall–Kier alpha value is -2.66. The number of aromatic nitrogens is 2. The second-order valence-corrected chi connectivity index (χ2v) is 5.15. The van der Waals surface area contributed by atoms with Crippen LogP contribution in [0.25, 0.3) is 11.0 Å². The zero-order chi connectivity index (χ0) is 15.5. The minimum atomic E-state index is -0.935. The summed E-state index contributed by atoms with van der Waals surface area (Å²) in [6.45, 7) is 1.15. The van der Waals surface area contributed by atoms with E-state index in [0.717, 1.165) is 22.4 Å². The van der Waals surface area contributed by atoms with E-state index in [9.17, 15) is 9.90 Å². The summed E-state index contributed by atoms with van der Waals surface area (Å²) >= 11 is 0. The number of hydrogen-bond acceptors (Lipinski definition) is 3. The molecule has 1 aromatic heterocycles. The topological polar surface area (TPSA) is 81.1 Å². The van der Waals surface area contributed by atoms with E-state index < -0.39 is 5.97 Å². The molecule has 0 aliphatic rings. The van der Waals surface area contributed by atoms with Crippen LogP contribution in [0.5, 0.6) is 0 Å². The molecule has 0 saturated heterocycles. The third kappa shape index (κ3) is 2.71. The number of carbonyl (C=O) groups is 1. The van der Waals surface area contributed by atoms with Crippen LogP contribution in [0.3, 0.4) is 0 Å². The molecule has 0 spiro atoms. The maximum atomic E-state index is 11.2. The van der Waals surface area contributed by atoms with Gasteiger partial charge in [0.05, 0.1) is 16.6 Å². The van der Waals surface area contributed by atoms with Crippen LogP contribution >= 0.6 is 0 Å². The Morgan fingerprint density at radius 3 is 2.64 bits per heavy atom. The number of aromatic carboxylic acids is 1. The molecule has 0 bridgehead atoms. The summed E-state index contributed by atoms with van der Waals surface area (Å²) < 4.78 is 2.05. The Kier molecular flexibility index (Phi) is 3.89. The van der Waals surface area contributed by atoms with Crippen molar-refractivity contribution in [1.82, 2.24) is 9.55 Å². The second kappa shape index (κ2) is 5.99. The van der Waals surface area contributed by atoms with Gasteiger partial charge in [-0.2, -0.15) is 0 Å². The first kappa shape index (κ1) is 14.3. The van der Waals surface area contributed by atoms with E-state index in [1.54, 1.807) is 18.2 Å². The first-order valence-electron chi connectivity index (χ1n) is 7.15. The van der Waals surface area contributed by atoms with Crippen LogP contribution in [0, 0.1) is 0 Å². The highest BCUT2D eigenvalue weighted by atomic mass is 16.4. The molecule has 112 valence electrons.